The van der Waals surface area contributed by atoms with E-state index in [1.807, 2.05) is 31.2 Å². The van der Waals surface area contributed by atoms with Gasteiger partial charge in [-0.05, 0) is 19.1 Å². The van der Waals surface area contributed by atoms with Gasteiger partial charge in [0, 0.05) is 24.1 Å². The zero-order chi connectivity index (χ0) is 12.3. The Morgan fingerprint density at radius 3 is 2.65 bits per heavy atom. The van der Waals surface area contributed by atoms with E-state index in [2.05, 4.69) is 10.3 Å². The average molecular weight is 232 g/mol. The number of benzene rings is 1. The molecule has 0 spiro atoms. The van der Waals surface area contributed by atoms with Crippen LogP contribution in [-0.4, -0.2) is 25.7 Å². The summed E-state index contributed by atoms with van der Waals surface area (Å²) in [7, 11) is 3.28. The molecule has 4 heteroatoms. The Bertz CT molecular complexity index is 526. The summed E-state index contributed by atoms with van der Waals surface area (Å²) >= 11 is 0. The van der Waals surface area contributed by atoms with Gasteiger partial charge in [-0.3, -0.25) is 0 Å². The van der Waals surface area contributed by atoms with Crippen molar-refractivity contribution < 1.29 is 9.47 Å². The van der Waals surface area contributed by atoms with E-state index in [-0.39, 0.29) is 0 Å². The molecule has 0 amide bonds. The molecule has 2 rings (SSSR count). The number of rotatable bonds is 4. The van der Waals surface area contributed by atoms with Gasteiger partial charge in [0.1, 0.15) is 17.3 Å². The van der Waals surface area contributed by atoms with Gasteiger partial charge in [0.2, 0.25) is 0 Å². The van der Waals surface area contributed by atoms with E-state index >= 15 is 0 Å². The summed E-state index contributed by atoms with van der Waals surface area (Å²) in [5.74, 6) is 2.38. The van der Waals surface area contributed by atoms with Crippen molar-refractivity contribution >= 4 is 16.7 Å². The standard InChI is InChI=1S/C13H16N2O2/c1-4-14-13-6-5-10-11(15-13)7-9(16-2)8-12(10)17-3/h5-8H,4H2,1-3H3,(H,14,15). The number of methoxy groups -OCH3 is 2. The van der Waals surface area contributed by atoms with Gasteiger partial charge in [0.05, 0.1) is 19.7 Å². The summed E-state index contributed by atoms with van der Waals surface area (Å²) < 4.78 is 10.6. The minimum absolute atomic E-state index is 0.746. The molecule has 1 N–H and O–H groups in total. The van der Waals surface area contributed by atoms with Crippen LogP contribution in [0.3, 0.4) is 0 Å². The van der Waals surface area contributed by atoms with Crippen LogP contribution in [0.1, 0.15) is 6.92 Å². The molecule has 90 valence electrons. The van der Waals surface area contributed by atoms with Crippen LogP contribution in [0, 0.1) is 0 Å². The zero-order valence-corrected chi connectivity index (χ0v) is 10.3. The van der Waals surface area contributed by atoms with Gasteiger partial charge in [-0.1, -0.05) is 0 Å². The number of pyridine rings is 1. The first-order valence-corrected chi connectivity index (χ1v) is 5.55. The molecule has 0 saturated carbocycles. The molecule has 0 aliphatic rings. The third-order valence-corrected chi connectivity index (χ3v) is 2.56. The SMILES string of the molecule is CCNc1ccc2c(OC)cc(OC)cc2n1. The molecule has 0 aliphatic heterocycles. The lowest BCUT2D eigenvalue weighted by Gasteiger charge is -2.09. The first-order valence-electron chi connectivity index (χ1n) is 5.55. The van der Waals surface area contributed by atoms with Gasteiger partial charge in [-0.2, -0.15) is 0 Å². The van der Waals surface area contributed by atoms with E-state index in [1.165, 1.54) is 0 Å². The fraction of sp³-hybridized carbons (Fsp3) is 0.308. The molecule has 0 saturated heterocycles. The van der Waals surface area contributed by atoms with Crippen molar-refractivity contribution in [2.24, 2.45) is 0 Å². The van der Waals surface area contributed by atoms with Crippen LogP contribution >= 0.6 is 0 Å². The highest BCUT2D eigenvalue weighted by molar-refractivity contribution is 5.87. The second-order valence-electron chi connectivity index (χ2n) is 3.62. The largest absolute Gasteiger partial charge is 0.497 e. The second-order valence-corrected chi connectivity index (χ2v) is 3.62. The number of nitrogens with zero attached hydrogens (tertiary/aromatic N) is 1. The predicted molar refractivity (Wildman–Crippen MR) is 69.0 cm³/mol. The Labute approximate surface area is 101 Å². The molecule has 0 radical (unpaired) electrons. The highest BCUT2D eigenvalue weighted by atomic mass is 16.5. The Hall–Kier alpha value is -1.97. The Kier molecular flexibility index (Phi) is 3.32. The highest BCUT2D eigenvalue weighted by Crippen LogP contribution is 2.30. The fourth-order valence-electron chi connectivity index (χ4n) is 1.74. The quantitative estimate of drug-likeness (QED) is 0.880. The van der Waals surface area contributed by atoms with Crippen LogP contribution in [-0.2, 0) is 0 Å². The minimum atomic E-state index is 0.746. The topological polar surface area (TPSA) is 43.4 Å². The van der Waals surface area contributed by atoms with Crippen molar-refractivity contribution in [3.8, 4) is 11.5 Å². The number of aromatic nitrogens is 1. The normalized spacial score (nSPS) is 10.3. The lowest BCUT2D eigenvalue weighted by atomic mass is 10.2. The van der Waals surface area contributed by atoms with Crippen LogP contribution in [0.25, 0.3) is 10.9 Å². The molecular weight excluding hydrogens is 216 g/mol. The van der Waals surface area contributed by atoms with Crippen LogP contribution in [0.15, 0.2) is 24.3 Å². The molecule has 17 heavy (non-hydrogen) atoms. The van der Waals surface area contributed by atoms with Crippen molar-refractivity contribution in [1.82, 2.24) is 4.98 Å². The monoisotopic (exact) mass is 232 g/mol. The van der Waals surface area contributed by atoms with Gasteiger partial charge in [-0.15, -0.1) is 0 Å². The number of hydrogen-bond acceptors (Lipinski definition) is 4. The maximum Gasteiger partial charge on any atom is 0.131 e. The third kappa shape index (κ3) is 2.25. The third-order valence-electron chi connectivity index (χ3n) is 2.56. The summed E-state index contributed by atoms with van der Waals surface area (Å²) in [5.41, 5.74) is 0.861. The van der Waals surface area contributed by atoms with E-state index in [1.54, 1.807) is 14.2 Å². The summed E-state index contributed by atoms with van der Waals surface area (Å²) in [6.07, 6.45) is 0. The summed E-state index contributed by atoms with van der Waals surface area (Å²) in [6, 6.07) is 7.70. The van der Waals surface area contributed by atoms with Gasteiger partial charge >= 0.3 is 0 Å². The summed E-state index contributed by atoms with van der Waals surface area (Å²) in [4.78, 5) is 4.51. The molecular formula is C13H16N2O2. The van der Waals surface area contributed by atoms with Crippen molar-refractivity contribution in [2.45, 2.75) is 6.92 Å². The molecule has 0 bridgehead atoms. The maximum absolute atomic E-state index is 5.33. The van der Waals surface area contributed by atoms with E-state index < -0.39 is 0 Å². The summed E-state index contributed by atoms with van der Waals surface area (Å²) in [6.45, 7) is 2.89. The second kappa shape index (κ2) is 4.91. The van der Waals surface area contributed by atoms with Gasteiger partial charge in [-0.25, -0.2) is 4.98 Å². The van der Waals surface area contributed by atoms with E-state index in [9.17, 15) is 0 Å². The number of fused-ring (bicyclic) bond motifs is 1. The van der Waals surface area contributed by atoms with Gasteiger partial charge in [0.15, 0.2) is 0 Å². The van der Waals surface area contributed by atoms with Crippen molar-refractivity contribution in [3.63, 3.8) is 0 Å². The van der Waals surface area contributed by atoms with Crippen molar-refractivity contribution in [2.75, 3.05) is 26.1 Å². The first-order chi connectivity index (χ1) is 8.28. The first kappa shape index (κ1) is 11.5. The fourth-order valence-corrected chi connectivity index (χ4v) is 1.74. The Morgan fingerprint density at radius 2 is 2.00 bits per heavy atom. The predicted octanol–water partition coefficient (Wildman–Crippen LogP) is 2.68. The van der Waals surface area contributed by atoms with Gasteiger partial charge < -0.3 is 14.8 Å². The van der Waals surface area contributed by atoms with Crippen LogP contribution in [0.2, 0.25) is 0 Å². The minimum Gasteiger partial charge on any atom is -0.497 e. The molecule has 0 fully saturated rings. The molecule has 1 aromatic heterocycles. The van der Waals surface area contributed by atoms with Crippen molar-refractivity contribution in [1.29, 1.82) is 0 Å². The highest BCUT2D eigenvalue weighted by Gasteiger charge is 2.06. The number of hydrogen-bond donors (Lipinski definition) is 1. The van der Waals surface area contributed by atoms with Crippen LogP contribution < -0.4 is 14.8 Å². The molecule has 0 atom stereocenters. The molecule has 0 unspecified atom stereocenters. The van der Waals surface area contributed by atoms with E-state index in [0.717, 1.165) is 34.8 Å². The van der Waals surface area contributed by atoms with Crippen LogP contribution in [0.5, 0.6) is 11.5 Å². The Balaban J connectivity index is 2.58. The average Bonchev–Trinajstić information content (AvgIpc) is 2.37. The molecule has 4 nitrogen and oxygen atoms in total. The zero-order valence-electron chi connectivity index (χ0n) is 10.3. The lowest BCUT2D eigenvalue weighted by Crippen LogP contribution is -1.99. The molecule has 0 aliphatic carbocycles. The maximum atomic E-state index is 5.33. The Morgan fingerprint density at radius 1 is 1.18 bits per heavy atom. The lowest BCUT2D eigenvalue weighted by molar-refractivity contribution is 0.398. The van der Waals surface area contributed by atoms with Gasteiger partial charge in [0.25, 0.3) is 0 Å². The van der Waals surface area contributed by atoms with Crippen molar-refractivity contribution in [3.05, 3.63) is 24.3 Å². The molecule has 2 aromatic rings. The number of ether oxygens (including phenoxy) is 2. The van der Waals surface area contributed by atoms with E-state index in [4.69, 9.17) is 9.47 Å². The number of anilines is 1. The summed E-state index contributed by atoms with van der Waals surface area (Å²) in [5, 5.41) is 4.16. The number of nitrogens with one attached hydrogen (secondary N) is 1. The molecule has 1 aromatic carbocycles. The van der Waals surface area contributed by atoms with E-state index in [0.29, 0.717) is 0 Å². The van der Waals surface area contributed by atoms with Crippen LogP contribution in [0.4, 0.5) is 5.82 Å². The smallest absolute Gasteiger partial charge is 0.131 e. The molecule has 1 heterocycles.